The Morgan fingerprint density at radius 3 is 2.70 bits per heavy atom. The fraction of sp³-hybridized carbons (Fsp3) is 0.421. The van der Waals surface area contributed by atoms with Gasteiger partial charge in [-0.3, -0.25) is 9.69 Å². The number of amides is 1. The molecule has 0 unspecified atom stereocenters. The summed E-state index contributed by atoms with van der Waals surface area (Å²) in [5.41, 5.74) is 1.69. The number of carbonyl (C=O) groups excluding carboxylic acids is 1. The predicted octanol–water partition coefficient (Wildman–Crippen LogP) is 2.05. The number of aromatic nitrogens is 1. The Labute approximate surface area is 160 Å². The van der Waals surface area contributed by atoms with Gasteiger partial charge in [-0.25, -0.2) is 12.7 Å². The molecule has 0 radical (unpaired) electrons. The minimum absolute atomic E-state index is 0.143. The zero-order valence-electron chi connectivity index (χ0n) is 15.9. The molecule has 0 spiro atoms. The van der Waals surface area contributed by atoms with E-state index < -0.39 is 10.0 Å². The van der Waals surface area contributed by atoms with Crippen LogP contribution >= 0.6 is 0 Å². The number of anilines is 1. The topological polar surface area (TPSA) is 74.7 Å². The summed E-state index contributed by atoms with van der Waals surface area (Å²) in [6.07, 6.45) is 4.10. The molecule has 0 bridgehead atoms. The van der Waals surface area contributed by atoms with E-state index in [1.54, 1.807) is 12.1 Å². The van der Waals surface area contributed by atoms with Crippen LogP contribution < -0.4 is 5.32 Å². The van der Waals surface area contributed by atoms with Crippen molar-refractivity contribution in [2.24, 2.45) is 7.05 Å². The minimum atomic E-state index is -3.53. The summed E-state index contributed by atoms with van der Waals surface area (Å²) in [4.78, 5) is 14.9. The third-order valence-corrected chi connectivity index (χ3v) is 6.74. The molecule has 0 saturated carbocycles. The third kappa shape index (κ3) is 4.23. The highest BCUT2D eigenvalue weighted by Crippen LogP contribution is 2.31. The predicted molar refractivity (Wildman–Crippen MR) is 105 cm³/mol. The van der Waals surface area contributed by atoms with Gasteiger partial charge in [0.25, 0.3) is 0 Å². The van der Waals surface area contributed by atoms with E-state index in [1.807, 2.05) is 19.3 Å². The number of hydrogen-bond acceptors (Lipinski definition) is 4. The number of aryl methyl sites for hydroxylation is 1. The van der Waals surface area contributed by atoms with E-state index in [9.17, 15) is 13.2 Å². The molecule has 1 fully saturated rings. The van der Waals surface area contributed by atoms with Crippen molar-refractivity contribution in [3.8, 4) is 0 Å². The molecule has 2 heterocycles. The maximum Gasteiger partial charge on any atom is 0.242 e. The van der Waals surface area contributed by atoms with Crippen molar-refractivity contribution < 1.29 is 13.2 Å². The minimum Gasteiger partial charge on any atom is -0.353 e. The number of carbonyl (C=O) groups is 1. The average Bonchev–Trinajstić information content (AvgIpc) is 3.23. The first-order valence-electron chi connectivity index (χ1n) is 8.97. The van der Waals surface area contributed by atoms with Gasteiger partial charge in [0.2, 0.25) is 15.9 Å². The summed E-state index contributed by atoms with van der Waals surface area (Å²) in [5, 5.41) is 2.83. The van der Waals surface area contributed by atoms with Crippen LogP contribution in [-0.4, -0.2) is 55.3 Å². The van der Waals surface area contributed by atoms with Gasteiger partial charge < -0.3 is 9.88 Å². The molecule has 1 aliphatic rings. The van der Waals surface area contributed by atoms with Crippen molar-refractivity contribution in [1.29, 1.82) is 0 Å². The van der Waals surface area contributed by atoms with Crippen LogP contribution in [0.2, 0.25) is 0 Å². The molecule has 0 aliphatic carbocycles. The fourth-order valence-corrected chi connectivity index (χ4v) is 4.45. The van der Waals surface area contributed by atoms with Gasteiger partial charge >= 0.3 is 0 Å². The first-order valence-corrected chi connectivity index (χ1v) is 10.4. The van der Waals surface area contributed by atoms with Crippen LogP contribution in [0.3, 0.4) is 0 Å². The van der Waals surface area contributed by atoms with E-state index in [0.29, 0.717) is 5.69 Å². The van der Waals surface area contributed by atoms with E-state index in [1.165, 1.54) is 31.9 Å². The summed E-state index contributed by atoms with van der Waals surface area (Å²) in [6, 6.07) is 10.7. The van der Waals surface area contributed by atoms with Gasteiger partial charge in [0.15, 0.2) is 0 Å². The van der Waals surface area contributed by atoms with Gasteiger partial charge in [-0.05, 0) is 49.7 Å². The summed E-state index contributed by atoms with van der Waals surface area (Å²) in [7, 11) is 1.45. The smallest absolute Gasteiger partial charge is 0.242 e. The number of likely N-dealkylation sites (tertiary alicyclic amines) is 1. The van der Waals surface area contributed by atoms with Crippen molar-refractivity contribution in [2.45, 2.75) is 23.8 Å². The second kappa shape index (κ2) is 7.84. The lowest BCUT2D eigenvalue weighted by Crippen LogP contribution is -2.33. The van der Waals surface area contributed by atoms with Crippen LogP contribution in [0.1, 0.15) is 24.6 Å². The summed E-state index contributed by atoms with van der Waals surface area (Å²) >= 11 is 0. The molecule has 1 amide bonds. The van der Waals surface area contributed by atoms with Gasteiger partial charge in [0.05, 0.1) is 17.5 Å². The molecule has 1 aromatic heterocycles. The molecule has 1 N–H and O–H groups in total. The second-order valence-corrected chi connectivity index (χ2v) is 9.19. The molecular formula is C19H26N4O3S. The Hall–Kier alpha value is -2.16. The van der Waals surface area contributed by atoms with Crippen LogP contribution in [-0.2, 0) is 21.9 Å². The number of sulfonamides is 1. The maximum atomic E-state index is 12.5. The lowest BCUT2D eigenvalue weighted by molar-refractivity contribution is -0.117. The normalized spacial score (nSPS) is 18.1. The summed E-state index contributed by atoms with van der Waals surface area (Å²) in [5.74, 6) is -0.143. The highest BCUT2D eigenvalue weighted by molar-refractivity contribution is 7.89. The van der Waals surface area contributed by atoms with Crippen molar-refractivity contribution in [3.63, 3.8) is 0 Å². The van der Waals surface area contributed by atoms with E-state index in [2.05, 4.69) is 20.9 Å². The molecule has 1 atom stereocenters. The summed E-state index contributed by atoms with van der Waals surface area (Å²) < 4.78 is 27.8. The number of nitrogens with zero attached hydrogens (tertiary/aromatic N) is 3. The maximum absolute atomic E-state index is 12.5. The molecular weight excluding hydrogens is 364 g/mol. The zero-order chi connectivity index (χ0) is 19.6. The van der Waals surface area contributed by atoms with Crippen molar-refractivity contribution in [3.05, 3.63) is 48.3 Å². The van der Waals surface area contributed by atoms with E-state index in [-0.39, 0.29) is 23.4 Å². The SMILES string of the molecule is CN(C)S(=O)(=O)c1cccc(NC(=O)CN2CCC[C@H]2c2cccn2C)c1. The van der Waals surface area contributed by atoms with E-state index in [4.69, 9.17) is 0 Å². The fourth-order valence-electron chi connectivity index (χ4n) is 3.50. The molecule has 2 aromatic rings. The highest BCUT2D eigenvalue weighted by atomic mass is 32.2. The van der Waals surface area contributed by atoms with Gasteiger partial charge in [0, 0.05) is 38.7 Å². The van der Waals surface area contributed by atoms with Gasteiger partial charge in [-0.2, -0.15) is 0 Å². The van der Waals surface area contributed by atoms with Crippen LogP contribution in [0.5, 0.6) is 0 Å². The number of nitrogens with one attached hydrogen (secondary N) is 1. The zero-order valence-corrected chi connectivity index (χ0v) is 16.7. The molecule has 3 rings (SSSR count). The van der Waals surface area contributed by atoms with Crippen LogP contribution in [0.15, 0.2) is 47.5 Å². The number of hydrogen-bond donors (Lipinski definition) is 1. The van der Waals surface area contributed by atoms with Gasteiger partial charge in [-0.15, -0.1) is 0 Å². The monoisotopic (exact) mass is 390 g/mol. The van der Waals surface area contributed by atoms with Gasteiger partial charge in [-0.1, -0.05) is 6.07 Å². The largest absolute Gasteiger partial charge is 0.353 e. The molecule has 146 valence electrons. The summed E-state index contributed by atoms with van der Waals surface area (Å²) in [6.45, 7) is 1.15. The Bertz CT molecular complexity index is 921. The lowest BCUT2D eigenvalue weighted by Gasteiger charge is -2.24. The molecule has 27 heavy (non-hydrogen) atoms. The second-order valence-electron chi connectivity index (χ2n) is 7.04. The van der Waals surface area contributed by atoms with Crippen LogP contribution in [0, 0.1) is 0 Å². The van der Waals surface area contributed by atoms with Gasteiger partial charge in [0.1, 0.15) is 0 Å². The molecule has 1 aromatic carbocycles. The molecule has 1 saturated heterocycles. The number of benzene rings is 1. The molecule has 7 nitrogen and oxygen atoms in total. The molecule has 1 aliphatic heterocycles. The van der Waals surface area contributed by atoms with Crippen molar-refractivity contribution >= 4 is 21.6 Å². The van der Waals surface area contributed by atoms with E-state index >= 15 is 0 Å². The van der Waals surface area contributed by atoms with Crippen LogP contribution in [0.25, 0.3) is 0 Å². The Kier molecular flexibility index (Phi) is 5.69. The quantitative estimate of drug-likeness (QED) is 0.819. The Balaban J connectivity index is 1.69. The van der Waals surface area contributed by atoms with E-state index in [0.717, 1.165) is 23.7 Å². The molecule has 8 heteroatoms. The van der Waals surface area contributed by atoms with Crippen molar-refractivity contribution in [1.82, 2.24) is 13.8 Å². The first-order chi connectivity index (χ1) is 12.8. The number of rotatable bonds is 6. The lowest BCUT2D eigenvalue weighted by atomic mass is 10.1. The highest BCUT2D eigenvalue weighted by Gasteiger charge is 2.29. The Morgan fingerprint density at radius 1 is 1.26 bits per heavy atom. The standard InChI is InChI=1S/C19H26N4O3S/c1-21(2)27(25,26)16-8-4-7-15(13-16)20-19(24)14-23-12-6-10-18(23)17-9-5-11-22(17)3/h4-5,7-9,11,13,18H,6,10,12,14H2,1-3H3,(H,20,24)/t18-/m0/s1. The van der Waals surface area contributed by atoms with Crippen LogP contribution in [0.4, 0.5) is 5.69 Å². The van der Waals surface area contributed by atoms with Crippen molar-refractivity contribution in [2.75, 3.05) is 32.5 Å². The third-order valence-electron chi connectivity index (χ3n) is 4.93. The Morgan fingerprint density at radius 2 is 2.04 bits per heavy atom. The first kappa shape index (κ1) is 19.6. The average molecular weight is 391 g/mol.